The number of carbonyl (C=O) groups excluding carboxylic acids is 1. The first-order chi connectivity index (χ1) is 11.8. The second-order valence-electron chi connectivity index (χ2n) is 5.62. The number of carbonyl (C=O) groups is 1. The van der Waals surface area contributed by atoms with Gasteiger partial charge in [0.25, 0.3) is 0 Å². The predicted octanol–water partition coefficient (Wildman–Crippen LogP) is 3.37. The van der Waals surface area contributed by atoms with Crippen molar-refractivity contribution in [3.63, 3.8) is 0 Å². The molecule has 2 amide bonds. The Hall–Kier alpha value is -2.74. The molecule has 0 aromatic heterocycles. The van der Waals surface area contributed by atoms with E-state index in [0.29, 0.717) is 12.1 Å². The lowest BCUT2D eigenvalue weighted by Crippen LogP contribution is -2.36. The summed E-state index contributed by atoms with van der Waals surface area (Å²) in [4.78, 5) is 12.1. The number of hydrogen-bond donors (Lipinski definition) is 3. The van der Waals surface area contributed by atoms with Gasteiger partial charge < -0.3 is 20.5 Å². The van der Waals surface area contributed by atoms with Crippen LogP contribution in [0, 0.1) is 0 Å². The number of benzene rings is 2. The third kappa shape index (κ3) is 4.21. The van der Waals surface area contributed by atoms with Gasteiger partial charge in [0.2, 0.25) is 0 Å². The molecule has 5 nitrogen and oxygen atoms in total. The van der Waals surface area contributed by atoms with E-state index in [-0.39, 0.29) is 5.75 Å². The minimum absolute atomic E-state index is 0.299. The third-order valence-electron chi connectivity index (χ3n) is 3.84. The molecule has 0 aliphatic heterocycles. The van der Waals surface area contributed by atoms with Gasteiger partial charge in [-0.2, -0.15) is 0 Å². The number of ether oxygens (including phenoxy) is 1. The Balaban J connectivity index is 1.61. The Morgan fingerprint density at radius 3 is 2.48 bits per heavy atom. The summed E-state index contributed by atoms with van der Waals surface area (Å²) in [6.07, 6.45) is -5.05. The highest BCUT2D eigenvalue weighted by atomic mass is 19.4. The molecule has 2 atom stereocenters. The molecule has 0 bridgehead atoms. The maximum Gasteiger partial charge on any atom is 0.573 e. The molecule has 1 aliphatic rings. The Morgan fingerprint density at radius 2 is 1.80 bits per heavy atom. The summed E-state index contributed by atoms with van der Waals surface area (Å²) in [5, 5.41) is 15.3. The van der Waals surface area contributed by atoms with E-state index in [1.165, 1.54) is 12.1 Å². The molecule has 0 unspecified atom stereocenters. The number of rotatable bonds is 3. The zero-order chi connectivity index (χ0) is 18.0. The molecule has 0 radical (unpaired) electrons. The van der Waals surface area contributed by atoms with Crippen molar-refractivity contribution in [1.82, 2.24) is 5.32 Å². The summed E-state index contributed by atoms with van der Waals surface area (Å²) < 4.78 is 40.1. The van der Waals surface area contributed by atoms with E-state index in [0.717, 1.165) is 23.3 Å². The summed E-state index contributed by atoms with van der Waals surface area (Å²) in [6, 6.07) is 11.1. The first-order valence-corrected chi connectivity index (χ1v) is 7.51. The van der Waals surface area contributed by atoms with Gasteiger partial charge in [-0.05, 0) is 35.4 Å². The van der Waals surface area contributed by atoms with Gasteiger partial charge in [0.15, 0.2) is 0 Å². The monoisotopic (exact) mass is 352 g/mol. The maximum atomic E-state index is 12.1. The first-order valence-electron chi connectivity index (χ1n) is 7.51. The number of anilines is 1. The van der Waals surface area contributed by atoms with Crippen LogP contribution in [0.25, 0.3) is 0 Å². The highest BCUT2D eigenvalue weighted by Gasteiger charge is 2.32. The van der Waals surface area contributed by atoms with Crippen LogP contribution in [0.2, 0.25) is 0 Å². The zero-order valence-electron chi connectivity index (χ0n) is 12.9. The van der Waals surface area contributed by atoms with Crippen molar-refractivity contribution in [2.75, 3.05) is 5.32 Å². The Labute approximate surface area is 141 Å². The fourth-order valence-corrected chi connectivity index (χ4v) is 2.80. The lowest BCUT2D eigenvalue weighted by atomic mass is 10.1. The van der Waals surface area contributed by atoms with Crippen LogP contribution >= 0.6 is 0 Å². The fraction of sp³-hybridized carbons (Fsp3) is 0.235. The van der Waals surface area contributed by atoms with E-state index in [9.17, 15) is 23.1 Å². The van der Waals surface area contributed by atoms with Gasteiger partial charge in [-0.15, -0.1) is 13.2 Å². The van der Waals surface area contributed by atoms with E-state index in [4.69, 9.17) is 0 Å². The topological polar surface area (TPSA) is 70.6 Å². The third-order valence-corrected chi connectivity index (χ3v) is 3.84. The molecule has 0 saturated heterocycles. The molecule has 2 aromatic rings. The summed E-state index contributed by atoms with van der Waals surface area (Å²) in [7, 11) is 0. The molecule has 2 aromatic carbocycles. The molecular formula is C17H15F3N2O3. The quantitative estimate of drug-likeness (QED) is 0.793. The predicted molar refractivity (Wildman–Crippen MR) is 84.2 cm³/mol. The number of alkyl halides is 3. The van der Waals surface area contributed by atoms with Gasteiger partial charge in [0.05, 0.1) is 12.1 Å². The van der Waals surface area contributed by atoms with Gasteiger partial charge in [-0.1, -0.05) is 24.3 Å². The van der Waals surface area contributed by atoms with E-state index >= 15 is 0 Å². The number of hydrogen-bond acceptors (Lipinski definition) is 3. The highest BCUT2D eigenvalue weighted by Crippen LogP contribution is 2.31. The van der Waals surface area contributed by atoms with Gasteiger partial charge in [0.1, 0.15) is 5.75 Å². The lowest BCUT2D eigenvalue weighted by Gasteiger charge is -2.18. The zero-order valence-corrected chi connectivity index (χ0v) is 12.9. The molecule has 0 saturated carbocycles. The summed E-state index contributed by atoms with van der Waals surface area (Å²) in [6.45, 7) is 0. The van der Waals surface area contributed by atoms with Crippen molar-refractivity contribution in [1.29, 1.82) is 0 Å². The van der Waals surface area contributed by atoms with Gasteiger partial charge in [0, 0.05) is 12.1 Å². The number of aliphatic hydroxyl groups excluding tert-OH is 1. The van der Waals surface area contributed by atoms with Crippen LogP contribution in [0.15, 0.2) is 48.5 Å². The second kappa shape index (κ2) is 6.64. The molecule has 0 heterocycles. The Kier molecular flexibility index (Phi) is 4.54. The van der Waals surface area contributed by atoms with Crippen molar-refractivity contribution in [2.24, 2.45) is 0 Å². The standard InChI is InChI=1S/C17H15F3N2O3/c18-17(19,20)25-12-7-5-11(6-8-12)21-16(24)22-15-13-4-2-1-3-10(13)9-14(15)23/h1-8,14-15,23H,9H2,(H2,21,22,24)/t14-,15+/m0/s1. The number of halogens is 3. The molecule has 25 heavy (non-hydrogen) atoms. The average molecular weight is 352 g/mol. The maximum absolute atomic E-state index is 12.1. The molecule has 0 fully saturated rings. The van der Waals surface area contributed by atoms with Crippen LogP contribution in [0.3, 0.4) is 0 Å². The van der Waals surface area contributed by atoms with Crippen LogP contribution in [-0.2, 0) is 6.42 Å². The van der Waals surface area contributed by atoms with Crippen LogP contribution in [0.5, 0.6) is 5.75 Å². The molecule has 132 valence electrons. The van der Waals surface area contributed by atoms with Crippen molar-refractivity contribution >= 4 is 11.7 Å². The summed E-state index contributed by atoms with van der Waals surface area (Å²) in [5.74, 6) is -0.376. The number of urea groups is 1. The number of aliphatic hydroxyl groups is 1. The van der Waals surface area contributed by atoms with Crippen molar-refractivity contribution < 1.29 is 27.8 Å². The molecule has 3 N–H and O–H groups in total. The molecular weight excluding hydrogens is 337 g/mol. The number of amides is 2. The lowest BCUT2D eigenvalue weighted by molar-refractivity contribution is -0.274. The van der Waals surface area contributed by atoms with E-state index in [2.05, 4.69) is 15.4 Å². The number of nitrogens with one attached hydrogen (secondary N) is 2. The second-order valence-corrected chi connectivity index (χ2v) is 5.62. The van der Waals surface area contributed by atoms with E-state index in [1.807, 2.05) is 24.3 Å². The number of fused-ring (bicyclic) bond motifs is 1. The van der Waals surface area contributed by atoms with Gasteiger partial charge in [-0.3, -0.25) is 0 Å². The SMILES string of the molecule is O=C(Nc1ccc(OC(F)(F)F)cc1)N[C@@H]1c2ccccc2C[C@@H]1O. The van der Waals surface area contributed by atoms with Crippen LogP contribution in [0.1, 0.15) is 17.2 Å². The minimum atomic E-state index is -4.77. The van der Waals surface area contributed by atoms with Crippen molar-refractivity contribution in [3.05, 3.63) is 59.7 Å². The first kappa shape index (κ1) is 17.1. The van der Waals surface area contributed by atoms with E-state index in [1.54, 1.807) is 0 Å². The minimum Gasteiger partial charge on any atom is -0.406 e. The summed E-state index contributed by atoms with van der Waals surface area (Å²) >= 11 is 0. The Morgan fingerprint density at radius 1 is 1.12 bits per heavy atom. The molecule has 8 heteroatoms. The smallest absolute Gasteiger partial charge is 0.406 e. The van der Waals surface area contributed by atoms with Gasteiger partial charge in [-0.25, -0.2) is 4.79 Å². The van der Waals surface area contributed by atoms with Crippen molar-refractivity contribution in [2.45, 2.75) is 24.9 Å². The highest BCUT2D eigenvalue weighted by molar-refractivity contribution is 5.89. The largest absolute Gasteiger partial charge is 0.573 e. The fourth-order valence-electron chi connectivity index (χ4n) is 2.80. The van der Waals surface area contributed by atoms with Crippen molar-refractivity contribution in [3.8, 4) is 5.75 Å². The van der Waals surface area contributed by atoms with Gasteiger partial charge >= 0.3 is 12.4 Å². The summed E-state index contributed by atoms with van der Waals surface area (Å²) in [5.41, 5.74) is 2.11. The molecule has 3 rings (SSSR count). The average Bonchev–Trinajstić information content (AvgIpc) is 2.84. The Bertz CT molecular complexity index is 762. The van der Waals surface area contributed by atoms with Crippen LogP contribution in [0.4, 0.5) is 23.7 Å². The van der Waals surface area contributed by atoms with E-state index < -0.39 is 24.5 Å². The molecule has 0 spiro atoms. The van der Waals surface area contributed by atoms with Crippen LogP contribution < -0.4 is 15.4 Å². The van der Waals surface area contributed by atoms with Crippen LogP contribution in [-0.4, -0.2) is 23.6 Å². The molecule has 1 aliphatic carbocycles. The normalized spacial score (nSPS) is 19.2.